The second-order valence-corrected chi connectivity index (χ2v) is 6.03. The van der Waals surface area contributed by atoms with E-state index in [4.69, 9.17) is 5.73 Å². The van der Waals surface area contributed by atoms with Crippen molar-refractivity contribution >= 4 is 27.1 Å². The van der Waals surface area contributed by atoms with E-state index in [0.29, 0.717) is 6.54 Å². The fourth-order valence-corrected chi connectivity index (χ4v) is 3.59. The second-order valence-electron chi connectivity index (χ2n) is 4.90. The van der Waals surface area contributed by atoms with Gasteiger partial charge < -0.3 is 10.6 Å². The SMILES string of the molecule is CN(Cc1c(CN)sc2ccccc12)c1ccccc1. The van der Waals surface area contributed by atoms with Gasteiger partial charge in [-0.25, -0.2) is 0 Å². The van der Waals surface area contributed by atoms with Gasteiger partial charge in [0.15, 0.2) is 0 Å². The summed E-state index contributed by atoms with van der Waals surface area (Å²) in [6, 6.07) is 19.0. The molecule has 0 saturated carbocycles. The summed E-state index contributed by atoms with van der Waals surface area (Å²) in [6.07, 6.45) is 0. The van der Waals surface area contributed by atoms with Gasteiger partial charge in [-0.05, 0) is 29.1 Å². The van der Waals surface area contributed by atoms with E-state index in [1.165, 1.54) is 26.2 Å². The van der Waals surface area contributed by atoms with E-state index in [9.17, 15) is 0 Å². The molecule has 1 heterocycles. The van der Waals surface area contributed by atoms with Crippen LogP contribution in [0.5, 0.6) is 0 Å². The monoisotopic (exact) mass is 282 g/mol. The minimum absolute atomic E-state index is 0.608. The van der Waals surface area contributed by atoms with E-state index >= 15 is 0 Å². The van der Waals surface area contributed by atoms with Gasteiger partial charge in [0.05, 0.1) is 0 Å². The topological polar surface area (TPSA) is 29.3 Å². The van der Waals surface area contributed by atoms with Crippen LogP contribution in [-0.4, -0.2) is 7.05 Å². The Labute approximate surface area is 123 Å². The zero-order valence-corrected chi connectivity index (χ0v) is 12.4. The van der Waals surface area contributed by atoms with Gasteiger partial charge in [-0.2, -0.15) is 0 Å². The molecule has 102 valence electrons. The van der Waals surface area contributed by atoms with Crippen LogP contribution < -0.4 is 10.6 Å². The molecule has 0 amide bonds. The number of thiophene rings is 1. The van der Waals surface area contributed by atoms with E-state index in [2.05, 4.69) is 60.5 Å². The Balaban J connectivity index is 1.98. The van der Waals surface area contributed by atoms with Crippen molar-refractivity contribution in [2.75, 3.05) is 11.9 Å². The van der Waals surface area contributed by atoms with E-state index in [1.807, 2.05) is 17.4 Å². The number of fused-ring (bicyclic) bond motifs is 1. The van der Waals surface area contributed by atoms with Crippen LogP contribution in [0.1, 0.15) is 10.4 Å². The van der Waals surface area contributed by atoms with Gasteiger partial charge in [-0.15, -0.1) is 11.3 Å². The van der Waals surface area contributed by atoms with Gasteiger partial charge in [0.1, 0.15) is 0 Å². The van der Waals surface area contributed by atoms with Crippen LogP contribution in [0.3, 0.4) is 0 Å². The second kappa shape index (κ2) is 5.65. The molecule has 20 heavy (non-hydrogen) atoms. The zero-order valence-electron chi connectivity index (χ0n) is 11.5. The molecule has 2 N–H and O–H groups in total. The first-order chi connectivity index (χ1) is 9.79. The molecule has 0 radical (unpaired) electrons. The Bertz CT molecular complexity index is 703. The molecule has 3 heteroatoms. The molecular weight excluding hydrogens is 264 g/mol. The maximum absolute atomic E-state index is 5.92. The number of anilines is 1. The van der Waals surface area contributed by atoms with Crippen molar-refractivity contribution in [2.24, 2.45) is 5.73 Å². The highest BCUT2D eigenvalue weighted by Gasteiger charge is 2.12. The van der Waals surface area contributed by atoms with Crippen LogP contribution in [0.15, 0.2) is 54.6 Å². The molecule has 0 aliphatic rings. The highest BCUT2D eigenvalue weighted by atomic mass is 32.1. The smallest absolute Gasteiger partial charge is 0.0443 e. The third-order valence-corrected chi connectivity index (χ3v) is 4.79. The third kappa shape index (κ3) is 2.42. The molecule has 0 saturated heterocycles. The maximum atomic E-state index is 5.92. The zero-order chi connectivity index (χ0) is 13.9. The number of benzene rings is 2. The lowest BCUT2D eigenvalue weighted by molar-refractivity contribution is 0.914. The largest absolute Gasteiger partial charge is 0.370 e. The predicted octanol–water partition coefficient (Wildman–Crippen LogP) is 4.00. The van der Waals surface area contributed by atoms with E-state index in [0.717, 1.165) is 6.54 Å². The lowest BCUT2D eigenvalue weighted by atomic mass is 10.1. The Morgan fingerprint density at radius 2 is 1.70 bits per heavy atom. The molecule has 0 fully saturated rings. The average molecular weight is 282 g/mol. The van der Waals surface area contributed by atoms with Gasteiger partial charge >= 0.3 is 0 Å². The highest BCUT2D eigenvalue weighted by Crippen LogP contribution is 2.32. The lowest BCUT2D eigenvalue weighted by Crippen LogP contribution is -2.17. The van der Waals surface area contributed by atoms with E-state index in [-0.39, 0.29) is 0 Å². The maximum Gasteiger partial charge on any atom is 0.0443 e. The van der Waals surface area contributed by atoms with E-state index in [1.54, 1.807) is 0 Å². The lowest BCUT2D eigenvalue weighted by Gasteiger charge is -2.19. The molecule has 3 rings (SSSR count). The molecule has 3 aromatic rings. The van der Waals surface area contributed by atoms with Crippen molar-refractivity contribution in [3.63, 3.8) is 0 Å². The van der Waals surface area contributed by atoms with Crippen LogP contribution in [0, 0.1) is 0 Å². The van der Waals surface area contributed by atoms with Crippen molar-refractivity contribution in [2.45, 2.75) is 13.1 Å². The summed E-state index contributed by atoms with van der Waals surface area (Å²) in [7, 11) is 2.13. The average Bonchev–Trinajstić information content (AvgIpc) is 2.86. The Morgan fingerprint density at radius 3 is 2.45 bits per heavy atom. The summed E-state index contributed by atoms with van der Waals surface area (Å²) in [5, 5.41) is 1.33. The number of hydrogen-bond donors (Lipinski definition) is 1. The summed E-state index contributed by atoms with van der Waals surface area (Å²) in [4.78, 5) is 3.56. The Hall–Kier alpha value is -1.84. The minimum Gasteiger partial charge on any atom is -0.370 e. The van der Waals surface area contributed by atoms with Crippen LogP contribution in [0.4, 0.5) is 5.69 Å². The van der Waals surface area contributed by atoms with Gasteiger partial charge in [0, 0.05) is 35.4 Å². The highest BCUT2D eigenvalue weighted by molar-refractivity contribution is 7.19. The van der Waals surface area contributed by atoms with Crippen molar-refractivity contribution in [1.82, 2.24) is 0 Å². The number of para-hydroxylation sites is 1. The van der Waals surface area contributed by atoms with Crippen LogP contribution >= 0.6 is 11.3 Å². The number of hydrogen-bond acceptors (Lipinski definition) is 3. The fraction of sp³-hybridized carbons (Fsp3) is 0.176. The number of nitrogens with zero attached hydrogens (tertiary/aromatic N) is 1. The van der Waals surface area contributed by atoms with E-state index < -0.39 is 0 Å². The quantitative estimate of drug-likeness (QED) is 0.784. The van der Waals surface area contributed by atoms with Gasteiger partial charge in [-0.3, -0.25) is 0 Å². The number of rotatable bonds is 4. The molecule has 0 unspecified atom stereocenters. The summed E-state index contributed by atoms with van der Waals surface area (Å²) >= 11 is 1.81. The molecule has 0 aliphatic carbocycles. The fourth-order valence-electron chi connectivity index (χ4n) is 2.50. The molecule has 2 nitrogen and oxygen atoms in total. The molecule has 0 atom stereocenters. The number of nitrogens with two attached hydrogens (primary N) is 1. The summed E-state index contributed by atoms with van der Waals surface area (Å²) in [5.74, 6) is 0. The van der Waals surface area contributed by atoms with Gasteiger partial charge in [0.2, 0.25) is 0 Å². The molecule has 2 aromatic carbocycles. The first-order valence-corrected chi connectivity index (χ1v) is 7.57. The summed E-state index contributed by atoms with van der Waals surface area (Å²) in [5.41, 5.74) is 8.51. The van der Waals surface area contributed by atoms with Crippen LogP contribution in [0.25, 0.3) is 10.1 Å². The van der Waals surface area contributed by atoms with Crippen LogP contribution in [0.2, 0.25) is 0 Å². The van der Waals surface area contributed by atoms with Crippen molar-refractivity contribution in [3.05, 3.63) is 65.0 Å². The molecular formula is C17H18N2S. The van der Waals surface area contributed by atoms with Crippen molar-refractivity contribution in [1.29, 1.82) is 0 Å². The molecule has 0 bridgehead atoms. The first-order valence-electron chi connectivity index (χ1n) is 6.75. The molecule has 0 aliphatic heterocycles. The molecule has 0 spiro atoms. The van der Waals surface area contributed by atoms with Crippen LogP contribution in [-0.2, 0) is 13.1 Å². The predicted molar refractivity (Wildman–Crippen MR) is 88.3 cm³/mol. The Kier molecular flexibility index (Phi) is 3.72. The van der Waals surface area contributed by atoms with Gasteiger partial charge in [-0.1, -0.05) is 36.4 Å². The minimum atomic E-state index is 0.608. The van der Waals surface area contributed by atoms with Crippen molar-refractivity contribution in [3.8, 4) is 0 Å². The van der Waals surface area contributed by atoms with Crippen molar-refractivity contribution < 1.29 is 0 Å². The van der Waals surface area contributed by atoms with Gasteiger partial charge in [0.25, 0.3) is 0 Å². The summed E-state index contributed by atoms with van der Waals surface area (Å²) in [6.45, 7) is 1.50. The summed E-state index contributed by atoms with van der Waals surface area (Å²) < 4.78 is 1.32. The normalized spacial score (nSPS) is 10.9. The molecule has 1 aromatic heterocycles. The standard InChI is InChI=1S/C17H18N2S/c1-19(13-7-3-2-4-8-13)12-15-14-9-5-6-10-16(14)20-17(15)11-18/h2-10H,11-12,18H2,1H3. The third-order valence-electron chi connectivity index (χ3n) is 3.56. The first kappa shape index (κ1) is 13.2. The Morgan fingerprint density at radius 1 is 1.00 bits per heavy atom.